The van der Waals surface area contributed by atoms with Crippen molar-refractivity contribution in [3.05, 3.63) is 17.8 Å². The number of nitrogens with zero attached hydrogens (tertiary/aromatic N) is 4. The molecule has 0 amide bonds. The molecule has 3 aromatic heterocycles. The molecule has 0 spiro atoms. The molecule has 3 heterocycles. The van der Waals surface area contributed by atoms with Crippen molar-refractivity contribution in [3.63, 3.8) is 0 Å². The number of hydrogen-bond acceptors (Lipinski definition) is 6. The van der Waals surface area contributed by atoms with Crippen LogP contribution in [0.3, 0.4) is 0 Å². The maximum absolute atomic E-state index is 5.59. The minimum absolute atomic E-state index is 0.463. The zero-order valence-electron chi connectivity index (χ0n) is 8.43. The summed E-state index contributed by atoms with van der Waals surface area (Å²) in [7, 11) is 0. The number of pyridine rings is 1. The average Bonchev–Trinajstić information content (AvgIpc) is 2.82. The summed E-state index contributed by atoms with van der Waals surface area (Å²) < 4.78 is 3.87. The van der Waals surface area contributed by atoms with Crippen LogP contribution in [0.25, 0.3) is 21.9 Å². The molecule has 0 bridgehead atoms. The molecule has 0 radical (unpaired) electrons. The van der Waals surface area contributed by atoms with Gasteiger partial charge in [-0.1, -0.05) is 4.49 Å². The third-order valence-electron chi connectivity index (χ3n) is 2.23. The molecule has 7 heteroatoms. The number of fused-ring (bicyclic) bond motifs is 1. The maximum Gasteiger partial charge on any atom is 0.180 e. The van der Waals surface area contributed by atoms with E-state index in [0.29, 0.717) is 11.5 Å². The first-order chi connectivity index (χ1) is 7.74. The fraction of sp³-hybridized carbons (Fsp3) is 0.111. The van der Waals surface area contributed by atoms with E-state index in [1.54, 1.807) is 6.07 Å². The summed E-state index contributed by atoms with van der Waals surface area (Å²) in [5, 5.41) is 3.94. The molecule has 16 heavy (non-hydrogen) atoms. The molecule has 0 fully saturated rings. The van der Waals surface area contributed by atoms with Crippen molar-refractivity contribution in [2.24, 2.45) is 0 Å². The minimum atomic E-state index is 0.463. The monoisotopic (exact) mass is 232 g/mol. The van der Waals surface area contributed by atoms with Gasteiger partial charge in [-0.25, -0.2) is 9.97 Å². The van der Waals surface area contributed by atoms with E-state index in [0.717, 1.165) is 21.9 Å². The quantitative estimate of drug-likeness (QED) is 0.660. The van der Waals surface area contributed by atoms with Gasteiger partial charge in [0, 0.05) is 0 Å². The van der Waals surface area contributed by atoms with E-state index in [1.807, 2.05) is 13.0 Å². The molecular weight excluding hydrogens is 224 g/mol. The number of aromatic nitrogens is 5. The van der Waals surface area contributed by atoms with Crippen molar-refractivity contribution >= 4 is 28.5 Å². The Morgan fingerprint density at radius 1 is 1.31 bits per heavy atom. The van der Waals surface area contributed by atoms with Crippen LogP contribution >= 0.6 is 11.5 Å². The second-order valence-corrected chi connectivity index (χ2v) is 4.13. The van der Waals surface area contributed by atoms with Gasteiger partial charge in [0.05, 0.1) is 11.2 Å². The fourth-order valence-corrected chi connectivity index (χ4v) is 2.06. The van der Waals surface area contributed by atoms with Gasteiger partial charge >= 0.3 is 0 Å². The predicted octanol–water partition coefficient (Wildman–Crippen LogP) is 1.37. The molecule has 3 rings (SSSR count). The second kappa shape index (κ2) is 3.24. The van der Waals surface area contributed by atoms with Crippen LogP contribution in [-0.2, 0) is 0 Å². The van der Waals surface area contributed by atoms with E-state index in [4.69, 9.17) is 5.73 Å². The Hall–Kier alpha value is -2.02. The zero-order valence-corrected chi connectivity index (χ0v) is 9.25. The lowest BCUT2D eigenvalue weighted by Gasteiger charge is -1.88. The number of anilines is 1. The van der Waals surface area contributed by atoms with Gasteiger partial charge in [-0.05, 0) is 30.6 Å². The highest BCUT2D eigenvalue weighted by atomic mass is 32.1. The van der Waals surface area contributed by atoms with E-state index in [2.05, 4.69) is 24.5 Å². The van der Waals surface area contributed by atoms with Crippen LogP contribution in [0.2, 0.25) is 0 Å². The Labute approximate surface area is 94.7 Å². The lowest BCUT2D eigenvalue weighted by atomic mass is 10.4. The molecule has 0 unspecified atom stereocenters. The van der Waals surface area contributed by atoms with Gasteiger partial charge < -0.3 is 10.7 Å². The lowest BCUT2D eigenvalue weighted by molar-refractivity contribution is 1.09. The first kappa shape index (κ1) is 9.22. The molecule has 0 aliphatic rings. The number of nitrogen functional groups attached to an aromatic ring is 1. The number of imidazole rings is 1. The summed E-state index contributed by atoms with van der Waals surface area (Å²) in [6, 6.07) is 3.60. The molecule has 0 aliphatic carbocycles. The van der Waals surface area contributed by atoms with Gasteiger partial charge in [0.1, 0.15) is 10.7 Å². The number of hydrogen-bond donors (Lipinski definition) is 2. The summed E-state index contributed by atoms with van der Waals surface area (Å²) in [6.07, 6.45) is 0. The number of nitrogens with one attached hydrogen (secondary N) is 1. The van der Waals surface area contributed by atoms with Crippen LogP contribution in [-0.4, -0.2) is 24.5 Å². The van der Waals surface area contributed by atoms with E-state index in [-0.39, 0.29) is 0 Å². The van der Waals surface area contributed by atoms with Crippen molar-refractivity contribution in [1.29, 1.82) is 0 Å². The van der Waals surface area contributed by atoms with E-state index in [9.17, 15) is 0 Å². The molecule has 0 aliphatic heterocycles. The van der Waals surface area contributed by atoms with Gasteiger partial charge in [-0.2, -0.15) is 0 Å². The van der Waals surface area contributed by atoms with Gasteiger partial charge in [0.2, 0.25) is 0 Å². The molecular formula is C9H8N6S. The Bertz CT molecular complexity index is 655. The topological polar surface area (TPSA) is 93.4 Å². The van der Waals surface area contributed by atoms with Crippen LogP contribution in [0.5, 0.6) is 0 Å². The molecule has 0 saturated heterocycles. The summed E-state index contributed by atoms with van der Waals surface area (Å²) >= 11 is 1.31. The largest absolute Gasteiger partial charge is 0.384 e. The lowest BCUT2D eigenvalue weighted by Crippen LogP contribution is -1.88. The summed E-state index contributed by atoms with van der Waals surface area (Å²) in [5.74, 6) is 1.20. The highest BCUT2D eigenvalue weighted by molar-refractivity contribution is 7.09. The Kier molecular flexibility index (Phi) is 1.87. The Morgan fingerprint density at radius 2 is 2.19 bits per heavy atom. The van der Waals surface area contributed by atoms with Crippen molar-refractivity contribution in [2.45, 2.75) is 6.92 Å². The Balaban J connectivity index is 2.23. The molecule has 3 N–H and O–H groups in total. The third kappa shape index (κ3) is 1.33. The standard InChI is InChI=1S/C9H8N6S/c1-4-7(16-15-14-4)9-11-5-2-3-6(10)12-8(5)13-9/h2-3H,1H3,(H3,10,11,12,13). The summed E-state index contributed by atoms with van der Waals surface area (Å²) in [6.45, 7) is 1.90. The number of H-pyrrole nitrogens is 1. The highest BCUT2D eigenvalue weighted by Gasteiger charge is 2.11. The van der Waals surface area contributed by atoms with E-state index >= 15 is 0 Å². The summed E-state index contributed by atoms with van der Waals surface area (Å²) in [4.78, 5) is 12.6. The van der Waals surface area contributed by atoms with Gasteiger partial charge in [0.25, 0.3) is 0 Å². The highest BCUT2D eigenvalue weighted by Crippen LogP contribution is 2.24. The van der Waals surface area contributed by atoms with Crippen molar-refractivity contribution in [3.8, 4) is 10.7 Å². The van der Waals surface area contributed by atoms with Crippen molar-refractivity contribution in [2.75, 3.05) is 5.73 Å². The molecule has 80 valence electrons. The van der Waals surface area contributed by atoms with Crippen LogP contribution in [0, 0.1) is 6.92 Å². The minimum Gasteiger partial charge on any atom is -0.384 e. The SMILES string of the molecule is Cc1nnsc1-c1nc2nc(N)ccc2[nH]1. The van der Waals surface area contributed by atoms with Crippen LogP contribution < -0.4 is 5.73 Å². The predicted molar refractivity (Wildman–Crippen MR) is 61.9 cm³/mol. The number of rotatable bonds is 1. The van der Waals surface area contributed by atoms with E-state index in [1.165, 1.54) is 11.5 Å². The molecule has 0 saturated carbocycles. The van der Waals surface area contributed by atoms with Crippen LogP contribution in [0.15, 0.2) is 12.1 Å². The third-order valence-corrected chi connectivity index (χ3v) is 3.07. The summed E-state index contributed by atoms with van der Waals surface area (Å²) in [5.41, 5.74) is 7.93. The number of aromatic amines is 1. The van der Waals surface area contributed by atoms with Crippen molar-refractivity contribution in [1.82, 2.24) is 24.5 Å². The normalized spacial score (nSPS) is 11.1. The van der Waals surface area contributed by atoms with E-state index < -0.39 is 0 Å². The fourth-order valence-electron chi connectivity index (χ4n) is 1.46. The molecule has 0 atom stereocenters. The maximum atomic E-state index is 5.59. The van der Waals surface area contributed by atoms with Gasteiger partial charge in [-0.15, -0.1) is 5.10 Å². The smallest absolute Gasteiger partial charge is 0.180 e. The number of nitrogens with two attached hydrogens (primary N) is 1. The Morgan fingerprint density at radius 3 is 2.94 bits per heavy atom. The first-order valence-electron chi connectivity index (χ1n) is 4.65. The average molecular weight is 232 g/mol. The van der Waals surface area contributed by atoms with Crippen molar-refractivity contribution < 1.29 is 0 Å². The van der Waals surface area contributed by atoms with Crippen LogP contribution in [0.4, 0.5) is 5.82 Å². The van der Waals surface area contributed by atoms with Crippen LogP contribution in [0.1, 0.15) is 5.69 Å². The van der Waals surface area contributed by atoms with Gasteiger partial charge in [0.15, 0.2) is 11.5 Å². The first-order valence-corrected chi connectivity index (χ1v) is 5.43. The zero-order chi connectivity index (χ0) is 11.1. The molecule has 0 aromatic carbocycles. The molecule has 6 nitrogen and oxygen atoms in total. The number of aryl methyl sites for hydroxylation is 1. The molecule has 3 aromatic rings. The second-order valence-electron chi connectivity index (χ2n) is 3.38. The van der Waals surface area contributed by atoms with Gasteiger partial charge in [-0.3, -0.25) is 0 Å².